The molecule has 1 aromatic heterocycles. The van der Waals surface area contributed by atoms with Gasteiger partial charge in [0.2, 0.25) is 5.82 Å². The highest BCUT2D eigenvalue weighted by Gasteiger charge is 2.04. The first-order valence-corrected chi connectivity index (χ1v) is 7.45. The summed E-state index contributed by atoms with van der Waals surface area (Å²) in [6.07, 6.45) is 1.53. The Hall–Kier alpha value is -3.43. The third kappa shape index (κ3) is 5.94. The molecule has 1 heterocycles. The Morgan fingerprint density at radius 3 is 2.92 bits per heavy atom. The lowest BCUT2D eigenvalue weighted by Crippen LogP contribution is -2.31. The van der Waals surface area contributed by atoms with Crippen molar-refractivity contribution in [2.75, 3.05) is 11.9 Å². The summed E-state index contributed by atoms with van der Waals surface area (Å²) in [6.45, 7) is 3.61. The van der Waals surface area contributed by atoms with Gasteiger partial charge in [-0.1, -0.05) is 12.1 Å². The van der Waals surface area contributed by atoms with Crippen molar-refractivity contribution in [1.29, 1.82) is 0 Å². The molecule has 0 atom stereocenters. The van der Waals surface area contributed by atoms with Gasteiger partial charge in [0.1, 0.15) is 5.75 Å². The zero-order chi connectivity index (χ0) is 18.2. The Balaban J connectivity index is 1.86. The molecule has 2 rings (SSSR count). The van der Waals surface area contributed by atoms with Crippen LogP contribution in [-0.4, -0.2) is 40.0 Å². The van der Waals surface area contributed by atoms with E-state index < -0.39 is 17.2 Å². The largest absolute Gasteiger partial charge is 0.491 e. The summed E-state index contributed by atoms with van der Waals surface area (Å²) in [4.78, 5) is 35.9. The quantitative estimate of drug-likeness (QED) is 0.404. The Kier molecular flexibility index (Phi) is 6.04. The standard InChI is InChI=1S/C15H18N6O4/c1-9(2)25-11-5-3-4-10(6-11)7-17-19-12(22)8-16-13-14(23)18-15(24)21-20-13/h3-7,9H,8H2,1-2H3,(H,16,20)(H,19,22)(H2,18,21,23,24)/b17-7+. The van der Waals surface area contributed by atoms with Crippen LogP contribution in [0.25, 0.3) is 0 Å². The number of hydrogen-bond acceptors (Lipinski definition) is 7. The maximum atomic E-state index is 11.7. The molecule has 1 aromatic carbocycles. The summed E-state index contributed by atoms with van der Waals surface area (Å²) in [5.74, 6) is 0.0470. The zero-order valence-electron chi connectivity index (χ0n) is 13.7. The van der Waals surface area contributed by atoms with Gasteiger partial charge in [-0.2, -0.15) is 5.10 Å². The van der Waals surface area contributed by atoms with Crippen molar-refractivity contribution >= 4 is 17.9 Å². The highest BCUT2D eigenvalue weighted by molar-refractivity contribution is 5.84. The molecule has 4 N–H and O–H groups in total. The van der Waals surface area contributed by atoms with Gasteiger partial charge in [0.25, 0.3) is 11.5 Å². The third-order valence-electron chi connectivity index (χ3n) is 2.76. The summed E-state index contributed by atoms with van der Waals surface area (Å²) in [5, 5.41) is 11.9. The van der Waals surface area contributed by atoms with Crippen molar-refractivity contribution in [3.8, 4) is 5.75 Å². The van der Waals surface area contributed by atoms with Gasteiger partial charge in [0.05, 0.1) is 18.9 Å². The summed E-state index contributed by atoms with van der Waals surface area (Å²) in [7, 11) is 0. The van der Waals surface area contributed by atoms with E-state index in [0.29, 0.717) is 5.75 Å². The van der Waals surface area contributed by atoms with Crippen molar-refractivity contribution in [1.82, 2.24) is 20.6 Å². The van der Waals surface area contributed by atoms with Gasteiger partial charge in [-0.25, -0.2) is 15.3 Å². The van der Waals surface area contributed by atoms with Crippen molar-refractivity contribution in [2.45, 2.75) is 20.0 Å². The number of nitrogens with one attached hydrogen (secondary N) is 4. The molecule has 0 saturated heterocycles. The van der Waals surface area contributed by atoms with E-state index in [1.54, 1.807) is 6.07 Å². The SMILES string of the molecule is CC(C)Oc1cccc(/C=N/NC(=O)CNc2n[nH]c(=O)[nH]c2=O)c1. The van der Waals surface area contributed by atoms with Crippen molar-refractivity contribution < 1.29 is 9.53 Å². The minimum absolute atomic E-state index is 0.0580. The molecule has 0 unspecified atom stereocenters. The number of ether oxygens (including phenoxy) is 1. The molecule has 0 bridgehead atoms. The molecule has 10 nitrogen and oxygen atoms in total. The van der Waals surface area contributed by atoms with Crippen molar-refractivity contribution in [3.63, 3.8) is 0 Å². The molecule has 10 heteroatoms. The number of anilines is 1. The van der Waals surface area contributed by atoms with Crippen LogP contribution in [0.5, 0.6) is 5.75 Å². The second kappa shape index (κ2) is 8.43. The van der Waals surface area contributed by atoms with Gasteiger partial charge in [-0.05, 0) is 31.5 Å². The van der Waals surface area contributed by atoms with Gasteiger partial charge in [-0.15, -0.1) is 5.10 Å². The molecule has 25 heavy (non-hydrogen) atoms. The average molecular weight is 346 g/mol. The van der Waals surface area contributed by atoms with E-state index in [1.165, 1.54) is 6.21 Å². The van der Waals surface area contributed by atoms with Crippen LogP contribution in [0.3, 0.4) is 0 Å². The molecule has 0 aliphatic rings. The molecule has 0 spiro atoms. The van der Waals surface area contributed by atoms with E-state index in [1.807, 2.05) is 37.0 Å². The lowest BCUT2D eigenvalue weighted by atomic mass is 10.2. The van der Waals surface area contributed by atoms with Gasteiger partial charge >= 0.3 is 5.69 Å². The molecule has 0 aliphatic heterocycles. The van der Waals surface area contributed by atoms with Crippen LogP contribution in [-0.2, 0) is 4.79 Å². The molecular weight excluding hydrogens is 328 g/mol. The first-order chi connectivity index (χ1) is 11.9. The van der Waals surface area contributed by atoms with E-state index in [9.17, 15) is 14.4 Å². The normalized spacial score (nSPS) is 10.8. The van der Waals surface area contributed by atoms with Crippen molar-refractivity contribution in [3.05, 3.63) is 50.7 Å². The fourth-order valence-corrected chi connectivity index (χ4v) is 1.79. The summed E-state index contributed by atoms with van der Waals surface area (Å²) in [6, 6.07) is 7.24. The predicted molar refractivity (Wildman–Crippen MR) is 91.9 cm³/mol. The average Bonchev–Trinajstić information content (AvgIpc) is 2.54. The number of H-pyrrole nitrogens is 2. The Labute approximate surface area is 142 Å². The predicted octanol–water partition coefficient (Wildman–Crippen LogP) is -0.192. The van der Waals surface area contributed by atoms with E-state index in [2.05, 4.69) is 26.0 Å². The number of hydrazone groups is 1. The maximum absolute atomic E-state index is 11.7. The highest BCUT2D eigenvalue weighted by Crippen LogP contribution is 2.13. The minimum Gasteiger partial charge on any atom is -0.491 e. The number of carbonyl (C=O) groups is 1. The van der Waals surface area contributed by atoms with E-state index in [0.717, 1.165) is 5.56 Å². The van der Waals surface area contributed by atoms with Gasteiger partial charge in [0, 0.05) is 0 Å². The minimum atomic E-state index is -0.728. The highest BCUT2D eigenvalue weighted by atomic mass is 16.5. The number of carbonyl (C=O) groups excluding carboxylic acids is 1. The molecule has 0 fully saturated rings. The molecular formula is C15H18N6O4. The van der Waals surface area contributed by atoms with E-state index in [4.69, 9.17) is 4.74 Å². The summed E-state index contributed by atoms with van der Waals surface area (Å²) >= 11 is 0. The molecule has 0 aliphatic carbocycles. The number of aromatic nitrogens is 3. The van der Waals surface area contributed by atoms with Crippen LogP contribution in [0.15, 0.2) is 39.0 Å². The smallest absolute Gasteiger partial charge is 0.342 e. The van der Waals surface area contributed by atoms with Gasteiger partial charge < -0.3 is 10.1 Å². The maximum Gasteiger partial charge on any atom is 0.342 e. The number of rotatable bonds is 7. The molecule has 1 amide bonds. The first-order valence-electron chi connectivity index (χ1n) is 7.45. The molecule has 0 saturated carbocycles. The topological polar surface area (TPSA) is 141 Å². The van der Waals surface area contributed by atoms with Crippen LogP contribution < -0.4 is 26.7 Å². The van der Waals surface area contributed by atoms with E-state index in [-0.39, 0.29) is 18.5 Å². The number of aromatic amines is 2. The second-order valence-electron chi connectivity index (χ2n) is 5.24. The Bertz CT molecular complexity index is 871. The first kappa shape index (κ1) is 17.9. The van der Waals surface area contributed by atoms with E-state index >= 15 is 0 Å². The van der Waals surface area contributed by atoms with Crippen LogP contribution in [0.4, 0.5) is 5.82 Å². The molecule has 132 valence electrons. The number of benzene rings is 1. The van der Waals surface area contributed by atoms with Crippen LogP contribution >= 0.6 is 0 Å². The van der Waals surface area contributed by atoms with Gasteiger partial charge in [0.15, 0.2) is 0 Å². The van der Waals surface area contributed by atoms with Gasteiger partial charge in [-0.3, -0.25) is 14.6 Å². The molecule has 0 radical (unpaired) electrons. The monoisotopic (exact) mass is 346 g/mol. The zero-order valence-corrected chi connectivity index (χ0v) is 13.7. The Morgan fingerprint density at radius 1 is 1.40 bits per heavy atom. The van der Waals surface area contributed by atoms with Crippen LogP contribution in [0.2, 0.25) is 0 Å². The summed E-state index contributed by atoms with van der Waals surface area (Å²) < 4.78 is 5.57. The number of nitrogens with zero attached hydrogens (tertiary/aromatic N) is 2. The van der Waals surface area contributed by atoms with Crippen molar-refractivity contribution in [2.24, 2.45) is 5.10 Å². The number of hydrogen-bond donors (Lipinski definition) is 4. The van der Waals surface area contributed by atoms with Crippen LogP contribution in [0.1, 0.15) is 19.4 Å². The Morgan fingerprint density at radius 2 is 2.20 bits per heavy atom. The third-order valence-corrected chi connectivity index (χ3v) is 2.76. The second-order valence-corrected chi connectivity index (χ2v) is 5.24. The lowest BCUT2D eigenvalue weighted by molar-refractivity contribution is -0.119. The lowest BCUT2D eigenvalue weighted by Gasteiger charge is -2.09. The molecule has 2 aromatic rings. The summed E-state index contributed by atoms with van der Waals surface area (Å²) in [5.41, 5.74) is 1.61. The number of amides is 1. The fourth-order valence-electron chi connectivity index (χ4n) is 1.79. The van der Waals surface area contributed by atoms with Crippen LogP contribution in [0, 0.1) is 0 Å². The fraction of sp³-hybridized carbons (Fsp3) is 0.267.